The summed E-state index contributed by atoms with van der Waals surface area (Å²) in [6.45, 7) is 3.39. The van der Waals surface area contributed by atoms with Gasteiger partial charge in [0.25, 0.3) is 0 Å². The van der Waals surface area contributed by atoms with Crippen LogP contribution in [0.4, 0.5) is 0 Å². The van der Waals surface area contributed by atoms with Gasteiger partial charge in [-0.2, -0.15) is 0 Å². The number of hydrogen-bond donors (Lipinski definition) is 2. The minimum Gasteiger partial charge on any atom is -0.389 e. The van der Waals surface area contributed by atoms with E-state index in [-0.39, 0.29) is 0 Å². The highest BCUT2D eigenvalue weighted by Crippen LogP contribution is 2.44. The molecule has 0 radical (unpaired) electrons. The summed E-state index contributed by atoms with van der Waals surface area (Å²) in [6, 6.07) is 0. The van der Waals surface area contributed by atoms with Crippen LogP contribution in [0.25, 0.3) is 0 Å². The van der Waals surface area contributed by atoms with Gasteiger partial charge in [0.05, 0.1) is 31.5 Å². The number of ether oxygens (including phenoxy) is 2. The van der Waals surface area contributed by atoms with Crippen molar-refractivity contribution in [2.45, 2.75) is 24.5 Å². The molecule has 1 aliphatic carbocycles. The molecule has 1 saturated heterocycles. The number of rotatable bonds is 8. The second-order valence-electron chi connectivity index (χ2n) is 5.27. The molecular formula is C12H23NO4. The Bertz CT molecular complexity index is 239. The summed E-state index contributed by atoms with van der Waals surface area (Å²) in [5.74, 6) is 0.508. The van der Waals surface area contributed by atoms with Gasteiger partial charge in [0.2, 0.25) is 0 Å². The highest BCUT2D eigenvalue weighted by molar-refractivity contribution is 5.05. The van der Waals surface area contributed by atoms with Gasteiger partial charge in [-0.05, 0) is 18.8 Å². The predicted octanol–water partition coefficient (Wildman–Crippen LogP) is -0.533. The summed E-state index contributed by atoms with van der Waals surface area (Å²) in [7, 11) is 1.62. The highest BCUT2D eigenvalue weighted by atomic mass is 16.5. The van der Waals surface area contributed by atoms with Crippen LogP contribution in [0.15, 0.2) is 0 Å². The van der Waals surface area contributed by atoms with Gasteiger partial charge in [0, 0.05) is 26.7 Å². The normalized spacial score (nSPS) is 25.6. The summed E-state index contributed by atoms with van der Waals surface area (Å²) in [5, 5.41) is 19.8. The van der Waals surface area contributed by atoms with Crippen molar-refractivity contribution < 1.29 is 19.7 Å². The number of nitrogens with zero attached hydrogens (tertiary/aromatic N) is 1. The Morgan fingerprint density at radius 3 is 2.65 bits per heavy atom. The average Bonchev–Trinajstić information content (AvgIpc) is 3.06. The Morgan fingerprint density at radius 2 is 2.06 bits per heavy atom. The van der Waals surface area contributed by atoms with E-state index in [9.17, 15) is 10.2 Å². The van der Waals surface area contributed by atoms with Crippen molar-refractivity contribution in [1.29, 1.82) is 0 Å². The van der Waals surface area contributed by atoms with Crippen molar-refractivity contribution in [1.82, 2.24) is 4.90 Å². The molecule has 5 heteroatoms. The molecule has 5 nitrogen and oxygen atoms in total. The first-order valence-corrected chi connectivity index (χ1v) is 6.33. The van der Waals surface area contributed by atoms with Crippen LogP contribution >= 0.6 is 0 Å². The summed E-state index contributed by atoms with van der Waals surface area (Å²) in [4.78, 5) is 2.09. The second kappa shape index (κ2) is 5.63. The Hall–Kier alpha value is -0.200. The van der Waals surface area contributed by atoms with Gasteiger partial charge in [0.1, 0.15) is 0 Å². The fraction of sp³-hybridized carbons (Fsp3) is 1.00. The first kappa shape index (κ1) is 13.2. The summed E-state index contributed by atoms with van der Waals surface area (Å²) >= 11 is 0. The highest BCUT2D eigenvalue weighted by Gasteiger charge is 2.51. The Labute approximate surface area is 102 Å². The van der Waals surface area contributed by atoms with Crippen molar-refractivity contribution >= 4 is 0 Å². The minimum absolute atomic E-state index is 0.335. The maximum absolute atomic E-state index is 10.1. The largest absolute Gasteiger partial charge is 0.389 e. The lowest BCUT2D eigenvalue weighted by Crippen LogP contribution is -2.64. The SMILES string of the molecule is COCCOCC(O)CN1CC(O)(C2CC2)C1. The van der Waals surface area contributed by atoms with Crippen LogP contribution in [0.1, 0.15) is 12.8 Å². The standard InChI is InChI=1S/C12H23NO4/c1-16-4-5-17-7-11(14)6-13-8-12(15,9-13)10-2-3-10/h10-11,14-15H,2-9H2,1H3. The fourth-order valence-electron chi connectivity index (χ4n) is 2.45. The molecule has 100 valence electrons. The summed E-state index contributed by atoms with van der Waals surface area (Å²) in [5.41, 5.74) is -0.462. The maximum Gasteiger partial charge on any atom is 0.0928 e. The van der Waals surface area contributed by atoms with Gasteiger partial charge >= 0.3 is 0 Å². The molecule has 1 aliphatic heterocycles. The van der Waals surface area contributed by atoms with E-state index >= 15 is 0 Å². The zero-order chi connectivity index (χ0) is 12.3. The van der Waals surface area contributed by atoms with Crippen molar-refractivity contribution in [2.24, 2.45) is 5.92 Å². The van der Waals surface area contributed by atoms with E-state index < -0.39 is 11.7 Å². The van der Waals surface area contributed by atoms with Crippen LogP contribution in [0.3, 0.4) is 0 Å². The number of aliphatic hydroxyl groups excluding tert-OH is 1. The van der Waals surface area contributed by atoms with Crippen LogP contribution in [-0.4, -0.2) is 73.4 Å². The smallest absolute Gasteiger partial charge is 0.0928 e. The topological polar surface area (TPSA) is 62.2 Å². The van der Waals surface area contributed by atoms with Crippen LogP contribution in [0.5, 0.6) is 0 Å². The molecule has 1 atom stereocenters. The summed E-state index contributed by atoms with van der Waals surface area (Å²) in [6.07, 6.45) is 1.84. The maximum atomic E-state index is 10.1. The predicted molar refractivity (Wildman–Crippen MR) is 62.8 cm³/mol. The summed E-state index contributed by atoms with van der Waals surface area (Å²) < 4.78 is 10.1. The monoisotopic (exact) mass is 245 g/mol. The van der Waals surface area contributed by atoms with Gasteiger partial charge in [-0.15, -0.1) is 0 Å². The Balaban J connectivity index is 1.53. The van der Waals surface area contributed by atoms with Gasteiger partial charge < -0.3 is 19.7 Å². The van der Waals surface area contributed by atoms with E-state index in [0.717, 1.165) is 12.8 Å². The minimum atomic E-state index is -0.476. The van der Waals surface area contributed by atoms with Crippen LogP contribution < -0.4 is 0 Å². The van der Waals surface area contributed by atoms with Crippen molar-refractivity contribution in [3.8, 4) is 0 Å². The number of hydrogen-bond acceptors (Lipinski definition) is 5. The molecule has 2 aliphatic rings. The molecular weight excluding hydrogens is 222 g/mol. The van der Waals surface area contributed by atoms with E-state index in [0.29, 0.717) is 45.4 Å². The molecule has 0 aromatic carbocycles. The molecule has 17 heavy (non-hydrogen) atoms. The Morgan fingerprint density at radius 1 is 1.35 bits per heavy atom. The quantitative estimate of drug-likeness (QED) is 0.563. The first-order valence-electron chi connectivity index (χ1n) is 6.33. The van der Waals surface area contributed by atoms with E-state index in [1.165, 1.54) is 0 Å². The molecule has 2 rings (SSSR count). The third-order valence-corrected chi connectivity index (χ3v) is 3.54. The molecule has 0 bridgehead atoms. The molecule has 1 unspecified atom stereocenters. The molecule has 0 aromatic rings. The molecule has 2 fully saturated rings. The molecule has 1 saturated carbocycles. The molecule has 0 spiro atoms. The second-order valence-corrected chi connectivity index (χ2v) is 5.27. The van der Waals surface area contributed by atoms with Crippen LogP contribution in [0.2, 0.25) is 0 Å². The van der Waals surface area contributed by atoms with E-state index in [1.807, 2.05) is 0 Å². The number of aliphatic hydroxyl groups is 2. The molecule has 1 heterocycles. The molecule has 2 N–H and O–H groups in total. The molecule has 0 aromatic heterocycles. The number of methoxy groups -OCH3 is 1. The lowest BCUT2D eigenvalue weighted by Gasteiger charge is -2.47. The van der Waals surface area contributed by atoms with Gasteiger partial charge in [-0.1, -0.05) is 0 Å². The zero-order valence-corrected chi connectivity index (χ0v) is 10.5. The number of likely N-dealkylation sites (tertiary alicyclic amines) is 1. The van der Waals surface area contributed by atoms with Crippen molar-refractivity contribution in [3.63, 3.8) is 0 Å². The van der Waals surface area contributed by atoms with Crippen molar-refractivity contribution in [2.75, 3.05) is 46.6 Å². The van der Waals surface area contributed by atoms with E-state index in [4.69, 9.17) is 9.47 Å². The molecule has 0 amide bonds. The number of β-amino-alcohol motifs (C(OH)–C–C–N with tert-alkyl or cyclic N) is 2. The third kappa shape index (κ3) is 3.63. The Kier molecular flexibility index (Phi) is 4.38. The van der Waals surface area contributed by atoms with Crippen molar-refractivity contribution in [3.05, 3.63) is 0 Å². The lowest BCUT2D eigenvalue weighted by molar-refractivity contribution is -0.127. The van der Waals surface area contributed by atoms with Crippen LogP contribution in [0, 0.1) is 5.92 Å². The van der Waals surface area contributed by atoms with E-state index in [1.54, 1.807) is 7.11 Å². The third-order valence-electron chi connectivity index (χ3n) is 3.54. The first-order chi connectivity index (χ1) is 8.14. The fourth-order valence-corrected chi connectivity index (χ4v) is 2.45. The lowest BCUT2D eigenvalue weighted by atomic mass is 9.88. The van der Waals surface area contributed by atoms with Crippen LogP contribution in [-0.2, 0) is 9.47 Å². The van der Waals surface area contributed by atoms with Gasteiger partial charge in [0.15, 0.2) is 0 Å². The van der Waals surface area contributed by atoms with Gasteiger partial charge in [-0.25, -0.2) is 0 Å². The average molecular weight is 245 g/mol. The van der Waals surface area contributed by atoms with Gasteiger partial charge in [-0.3, -0.25) is 4.90 Å². The van der Waals surface area contributed by atoms with E-state index in [2.05, 4.69) is 4.90 Å². The zero-order valence-electron chi connectivity index (χ0n) is 10.5.